The molecule has 0 radical (unpaired) electrons. The number of likely N-dealkylation sites (N-methyl/N-ethyl adjacent to an activating group) is 2. The van der Waals surface area contributed by atoms with Crippen LogP contribution in [0.5, 0.6) is 5.75 Å². The minimum atomic E-state index is -0.135. The summed E-state index contributed by atoms with van der Waals surface area (Å²) in [6, 6.07) is 5.56. The lowest BCUT2D eigenvalue weighted by Gasteiger charge is -2.34. The first-order valence-electron chi connectivity index (χ1n) is 11.9. The molecule has 1 aromatic rings. The highest BCUT2D eigenvalue weighted by atomic mass is 16.5. The van der Waals surface area contributed by atoms with E-state index in [1.807, 2.05) is 6.07 Å². The Hall–Kier alpha value is -2.12. The summed E-state index contributed by atoms with van der Waals surface area (Å²) in [5.41, 5.74) is 1.10. The standard InChI is InChI=1S/C25H39N3O4/c1-17-14-27(3)18(2)16-32-22-12-11-20(26-24(29)19-9-7-6-8-10-19)13-21(22)25(30)28(4)15-23(17)31-5/h11-13,17-19,23H,6-10,14-16H2,1-5H3,(H,26,29)/t17-,18-,23-/m0/s1. The molecule has 1 aliphatic carbocycles. The summed E-state index contributed by atoms with van der Waals surface area (Å²) < 4.78 is 11.8. The van der Waals surface area contributed by atoms with Gasteiger partial charge in [-0.05, 0) is 50.9 Å². The van der Waals surface area contributed by atoms with Gasteiger partial charge in [-0.2, -0.15) is 0 Å². The fourth-order valence-electron chi connectivity index (χ4n) is 4.64. The van der Waals surface area contributed by atoms with E-state index in [2.05, 4.69) is 31.1 Å². The van der Waals surface area contributed by atoms with Crippen molar-refractivity contribution in [1.82, 2.24) is 9.80 Å². The van der Waals surface area contributed by atoms with Crippen LogP contribution in [0.4, 0.5) is 5.69 Å². The second-order valence-corrected chi connectivity index (χ2v) is 9.57. The van der Waals surface area contributed by atoms with Crippen LogP contribution < -0.4 is 10.1 Å². The van der Waals surface area contributed by atoms with Crippen molar-refractivity contribution >= 4 is 17.5 Å². The molecule has 0 spiro atoms. The highest BCUT2D eigenvalue weighted by molar-refractivity contribution is 5.99. The maximum Gasteiger partial charge on any atom is 0.257 e. The number of amides is 2. The van der Waals surface area contributed by atoms with Crippen molar-refractivity contribution in [3.8, 4) is 5.75 Å². The lowest BCUT2D eigenvalue weighted by molar-refractivity contribution is -0.120. The molecule has 1 fully saturated rings. The smallest absolute Gasteiger partial charge is 0.257 e. The number of carbonyl (C=O) groups is 2. The van der Waals surface area contributed by atoms with Gasteiger partial charge >= 0.3 is 0 Å². The zero-order chi connectivity index (χ0) is 23.3. The number of carbonyl (C=O) groups excluding carboxylic acids is 2. The number of hydrogen-bond donors (Lipinski definition) is 1. The van der Waals surface area contributed by atoms with E-state index in [-0.39, 0.29) is 35.8 Å². The normalized spacial score (nSPS) is 26.5. The number of fused-ring (bicyclic) bond motifs is 1. The molecule has 1 N–H and O–H groups in total. The molecule has 1 heterocycles. The minimum absolute atomic E-state index is 0.0445. The van der Waals surface area contributed by atoms with E-state index >= 15 is 0 Å². The summed E-state index contributed by atoms with van der Waals surface area (Å²) in [5, 5.41) is 3.03. The van der Waals surface area contributed by atoms with E-state index < -0.39 is 0 Å². The number of benzene rings is 1. The topological polar surface area (TPSA) is 71.1 Å². The number of ether oxygens (including phenoxy) is 2. The first-order valence-corrected chi connectivity index (χ1v) is 11.9. The number of hydrogen-bond acceptors (Lipinski definition) is 5. The molecule has 0 unspecified atom stereocenters. The van der Waals surface area contributed by atoms with Crippen LogP contribution in [-0.4, -0.2) is 74.7 Å². The van der Waals surface area contributed by atoms with Gasteiger partial charge in [0.1, 0.15) is 12.4 Å². The third kappa shape index (κ3) is 6.01. The minimum Gasteiger partial charge on any atom is -0.491 e. The predicted molar refractivity (Wildman–Crippen MR) is 126 cm³/mol. The fourth-order valence-corrected chi connectivity index (χ4v) is 4.64. The predicted octanol–water partition coefficient (Wildman–Crippen LogP) is 3.64. The van der Waals surface area contributed by atoms with Gasteiger partial charge in [0.25, 0.3) is 5.91 Å². The SMILES string of the molecule is CO[C@H]1CN(C)C(=O)c2cc(NC(=O)C3CCCCC3)ccc2OC[C@H](C)N(C)C[C@@H]1C. The maximum atomic E-state index is 13.4. The number of nitrogens with one attached hydrogen (secondary N) is 1. The molecule has 7 nitrogen and oxygen atoms in total. The van der Waals surface area contributed by atoms with Gasteiger partial charge in [-0.25, -0.2) is 0 Å². The maximum absolute atomic E-state index is 13.4. The van der Waals surface area contributed by atoms with E-state index in [0.29, 0.717) is 30.2 Å². The van der Waals surface area contributed by atoms with Crippen LogP contribution in [0.25, 0.3) is 0 Å². The Labute approximate surface area is 192 Å². The summed E-state index contributed by atoms with van der Waals surface area (Å²) in [6.45, 7) is 6.07. The van der Waals surface area contributed by atoms with Gasteiger partial charge in [0.2, 0.25) is 5.91 Å². The lowest BCUT2D eigenvalue weighted by atomic mass is 9.88. The summed E-state index contributed by atoms with van der Waals surface area (Å²) in [4.78, 5) is 30.0. The number of rotatable bonds is 3. The summed E-state index contributed by atoms with van der Waals surface area (Å²) in [6.07, 6.45) is 5.20. The van der Waals surface area contributed by atoms with Crippen LogP contribution in [0.1, 0.15) is 56.3 Å². The van der Waals surface area contributed by atoms with Crippen LogP contribution in [0.2, 0.25) is 0 Å². The largest absolute Gasteiger partial charge is 0.491 e. The van der Waals surface area contributed by atoms with Gasteiger partial charge in [-0.1, -0.05) is 26.2 Å². The number of anilines is 1. The summed E-state index contributed by atoms with van der Waals surface area (Å²) in [5.74, 6) is 0.760. The first kappa shape index (κ1) is 24.5. The fraction of sp³-hybridized carbons (Fsp3) is 0.680. The van der Waals surface area contributed by atoms with Crippen LogP contribution in [0, 0.1) is 11.8 Å². The van der Waals surface area contributed by atoms with E-state index in [4.69, 9.17) is 9.47 Å². The first-order chi connectivity index (χ1) is 15.3. The second kappa shape index (κ2) is 11.1. The Morgan fingerprint density at radius 2 is 1.84 bits per heavy atom. The molecule has 3 atom stereocenters. The second-order valence-electron chi connectivity index (χ2n) is 9.57. The molecule has 1 aliphatic heterocycles. The molecule has 0 saturated heterocycles. The van der Waals surface area contributed by atoms with Crippen molar-refractivity contribution in [2.24, 2.45) is 11.8 Å². The lowest BCUT2D eigenvalue weighted by Crippen LogP contribution is -2.45. The van der Waals surface area contributed by atoms with E-state index in [1.54, 1.807) is 31.2 Å². The van der Waals surface area contributed by atoms with Gasteiger partial charge in [0.05, 0.1) is 11.7 Å². The van der Waals surface area contributed by atoms with Crippen LogP contribution >= 0.6 is 0 Å². The monoisotopic (exact) mass is 445 g/mol. The molecule has 178 valence electrons. The molecule has 7 heteroatoms. The number of nitrogens with zero attached hydrogens (tertiary/aromatic N) is 2. The third-order valence-electron chi connectivity index (χ3n) is 7.00. The molecule has 0 aromatic heterocycles. The zero-order valence-electron chi connectivity index (χ0n) is 20.2. The Kier molecular flexibility index (Phi) is 8.54. The van der Waals surface area contributed by atoms with Crippen LogP contribution in [-0.2, 0) is 9.53 Å². The molecule has 1 saturated carbocycles. The van der Waals surface area contributed by atoms with Crippen molar-refractivity contribution in [2.75, 3.05) is 46.2 Å². The Bertz CT molecular complexity index is 793. The van der Waals surface area contributed by atoms with Gasteiger partial charge < -0.3 is 19.7 Å². The van der Waals surface area contributed by atoms with Crippen molar-refractivity contribution in [2.45, 2.75) is 58.1 Å². The molecule has 0 bridgehead atoms. The molecule has 1 aromatic carbocycles. The molecule has 2 amide bonds. The summed E-state index contributed by atoms with van der Waals surface area (Å²) >= 11 is 0. The van der Waals surface area contributed by atoms with E-state index in [9.17, 15) is 9.59 Å². The van der Waals surface area contributed by atoms with Crippen molar-refractivity contribution in [1.29, 1.82) is 0 Å². The zero-order valence-corrected chi connectivity index (χ0v) is 20.2. The highest BCUT2D eigenvalue weighted by Crippen LogP contribution is 2.28. The Morgan fingerprint density at radius 1 is 1.12 bits per heavy atom. The van der Waals surface area contributed by atoms with Gasteiger partial charge in [0, 0.05) is 44.9 Å². The molecule has 2 aliphatic rings. The van der Waals surface area contributed by atoms with Crippen molar-refractivity contribution in [3.05, 3.63) is 23.8 Å². The van der Waals surface area contributed by atoms with E-state index in [0.717, 1.165) is 32.2 Å². The summed E-state index contributed by atoms with van der Waals surface area (Å²) in [7, 11) is 5.57. The molecule has 32 heavy (non-hydrogen) atoms. The van der Waals surface area contributed by atoms with Crippen molar-refractivity contribution in [3.63, 3.8) is 0 Å². The third-order valence-corrected chi connectivity index (χ3v) is 7.00. The highest BCUT2D eigenvalue weighted by Gasteiger charge is 2.28. The quantitative estimate of drug-likeness (QED) is 0.769. The average molecular weight is 446 g/mol. The Morgan fingerprint density at radius 3 is 2.53 bits per heavy atom. The van der Waals surface area contributed by atoms with Gasteiger partial charge in [-0.3, -0.25) is 14.5 Å². The average Bonchev–Trinajstić information content (AvgIpc) is 2.80. The van der Waals surface area contributed by atoms with Crippen LogP contribution in [0.3, 0.4) is 0 Å². The van der Waals surface area contributed by atoms with Crippen LogP contribution in [0.15, 0.2) is 18.2 Å². The van der Waals surface area contributed by atoms with Gasteiger partial charge in [-0.15, -0.1) is 0 Å². The molecular formula is C25H39N3O4. The number of methoxy groups -OCH3 is 1. The van der Waals surface area contributed by atoms with Gasteiger partial charge in [0.15, 0.2) is 0 Å². The Balaban J connectivity index is 1.86. The van der Waals surface area contributed by atoms with Crippen molar-refractivity contribution < 1.29 is 19.1 Å². The van der Waals surface area contributed by atoms with E-state index in [1.165, 1.54) is 6.42 Å². The molecule has 3 rings (SSSR count). The molecular weight excluding hydrogens is 406 g/mol.